The third kappa shape index (κ3) is 3.10. The lowest BCUT2D eigenvalue weighted by Crippen LogP contribution is -2.04. The Morgan fingerprint density at radius 3 is 2.78 bits per heavy atom. The number of rotatable bonds is 4. The fraction of sp³-hybridized carbons (Fsp3) is 0.0588. The van der Waals surface area contributed by atoms with Crippen LogP contribution in [0.3, 0.4) is 0 Å². The predicted octanol–water partition coefficient (Wildman–Crippen LogP) is 4.37. The highest BCUT2D eigenvalue weighted by Gasteiger charge is 2.14. The molecule has 1 aromatic heterocycles. The summed E-state index contributed by atoms with van der Waals surface area (Å²) in [5.41, 5.74) is 2.17. The molecule has 116 valence electrons. The predicted molar refractivity (Wildman–Crippen MR) is 87.0 cm³/mol. The van der Waals surface area contributed by atoms with Crippen molar-refractivity contribution in [3.05, 3.63) is 65.5 Å². The number of aromatic amines is 1. The lowest BCUT2D eigenvalue weighted by molar-refractivity contribution is 0.0550. The van der Waals surface area contributed by atoms with Crippen molar-refractivity contribution in [2.75, 3.05) is 6.61 Å². The quantitative estimate of drug-likeness (QED) is 0.571. The van der Waals surface area contributed by atoms with Gasteiger partial charge in [0, 0.05) is 5.56 Å². The van der Waals surface area contributed by atoms with Crippen LogP contribution in [0.25, 0.3) is 22.4 Å². The van der Waals surface area contributed by atoms with E-state index in [4.69, 9.17) is 16.3 Å². The zero-order chi connectivity index (χ0) is 16.4. The van der Waals surface area contributed by atoms with Crippen LogP contribution in [0, 0.1) is 5.82 Å². The second-order valence-corrected chi connectivity index (χ2v) is 5.24. The third-order valence-electron chi connectivity index (χ3n) is 3.23. The molecule has 1 heterocycles. The molecule has 0 radical (unpaired) electrons. The Hall–Kier alpha value is -2.66. The van der Waals surface area contributed by atoms with Gasteiger partial charge in [-0.2, -0.15) is 0 Å². The van der Waals surface area contributed by atoms with E-state index >= 15 is 0 Å². The summed E-state index contributed by atoms with van der Waals surface area (Å²) < 4.78 is 18.0. The van der Waals surface area contributed by atoms with E-state index in [1.807, 2.05) is 0 Å². The normalized spacial score (nSPS) is 10.7. The molecule has 0 fully saturated rings. The summed E-state index contributed by atoms with van der Waals surface area (Å²) in [5.74, 6) is -0.278. The van der Waals surface area contributed by atoms with Crippen molar-refractivity contribution in [1.82, 2.24) is 9.97 Å². The van der Waals surface area contributed by atoms with Crippen molar-refractivity contribution >= 4 is 28.6 Å². The smallest absolute Gasteiger partial charge is 0.338 e. The van der Waals surface area contributed by atoms with E-state index in [1.165, 1.54) is 24.3 Å². The highest BCUT2D eigenvalue weighted by molar-refractivity contribution is 6.35. The minimum atomic E-state index is -0.494. The SMILES string of the molecule is C=CCOC(=O)c1cc(Cl)c2nc(-c3ccc(F)cc3)[nH]c2c1. The van der Waals surface area contributed by atoms with Gasteiger partial charge in [-0.05, 0) is 36.4 Å². The number of nitrogens with one attached hydrogen (secondary N) is 1. The van der Waals surface area contributed by atoms with Crippen molar-refractivity contribution in [2.45, 2.75) is 0 Å². The van der Waals surface area contributed by atoms with E-state index in [2.05, 4.69) is 16.5 Å². The maximum atomic E-state index is 13.0. The van der Waals surface area contributed by atoms with Crippen LogP contribution in [0.2, 0.25) is 5.02 Å². The van der Waals surface area contributed by atoms with Gasteiger partial charge in [0.25, 0.3) is 0 Å². The van der Waals surface area contributed by atoms with Crippen LogP contribution < -0.4 is 0 Å². The van der Waals surface area contributed by atoms with Crippen LogP contribution in [0.4, 0.5) is 4.39 Å². The average molecular weight is 331 g/mol. The van der Waals surface area contributed by atoms with Crippen molar-refractivity contribution in [1.29, 1.82) is 0 Å². The minimum Gasteiger partial charge on any atom is -0.458 e. The van der Waals surface area contributed by atoms with Crippen LogP contribution in [0.15, 0.2) is 49.1 Å². The fourth-order valence-electron chi connectivity index (χ4n) is 2.16. The molecule has 1 N–H and O–H groups in total. The van der Waals surface area contributed by atoms with Gasteiger partial charge in [0.05, 0.1) is 16.1 Å². The molecule has 0 aliphatic heterocycles. The van der Waals surface area contributed by atoms with E-state index < -0.39 is 5.97 Å². The molecule has 0 atom stereocenters. The molecule has 0 bridgehead atoms. The second kappa shape index (κ2) is 6.22. The van der Waals surface area contributed by atoms with Gasteiger partial charge in [-0.15, -0.1) is 0 Å². The zero-order valence-corrected chi connectivity index (χ0v) is 12.7. The number of imidazole rings is 1. The van der Waals surface area contributed by atoms with E-state index in [9.17, 15) is 9.18 Å². The van der Waals surface area contributed by atoms with Gasteiger partial charge in [-0.1, -0.05) is 24.3 Å². The van der Waals surface area contributed by atoms with Crippen LogP contribution in [-0.4, -0.2) is 22.5 Å². The highest BCUT2D eigenvalue weighted by Crippen LogP contribution is 2.27. The molecule has 0 amide bonds. The molecule has 0 saturated carbocycles. The number of hydrogen-bond acceptors (Lipinski definition) is 3. The lowest BCUT2D eigenvalue weighted by atomic mass is 10.2. The first-order valence-electron chi connectivity index (χ1n) is 6.81. The molecular formula is C17H12ClFN2O2. The van der Waals surface area contributed by atoms with Gasteiger partial charge >= 0.3 is 5.97 Å². The van der Waals surface area contributed by atoms with E-state index in [-0.39, 0.29) is 12.4 Å². The molecule has 2 aromatic carbocycles. The number of esters is 1. The van der Waals surface area contributed by atoms with Crippen LogP contribution in [0.1, 0.15) is 10.4 Å². The number of fused-ring (bicyclic) bond motifs is 1. The molecule has 0 aliphatic rings. The van der Waals surface area contributed by atoms with E-state index in [0.717, 1.165) is 5.56 Å². The number of ether oxygens (including phenoxy) is 1. The first-order chi connectivity index (χ1) is 11.1. The third-order valence-corrected chi connectivity index (χ3v) is 3.51. The number of halogens is 2. The molecule has 6 heteroatoms. The fourth-order valence-corrected chi connectivity index (χ4v) is 2.42. The maximum Gasteiger partial charge on any atom is 0.338 e. The van der Waals surface area contributed by atoms with Crippen molar-refractivity contribution in [3.8, 4) is 11.4 Å². The van der Waals surface area contributed by atoms with Gasteiger partial charge in [-0.25, -0.2) is 14.2 Å². The lowest BCUT2D eigenvalue weighted by Gasteiger charge is -2.02. The molecule has 0 saturated heterocycles. The molecule has 23 heavy (non-hydrogen) atoms. The Labute approximate surface area is 136 Å². The monoisotopic (exact) mass is 330 g/mol. The molecule has 0 unspecified atom stereocenters. The van der Waals surface area contributed by atoms with Crippen LogP contribution in [-0.2, 0) is 4.74 Å². The number of carbonyl (C=O) groups excluding carboxylic acids is 1. The second-order valence-electron chi connectivity index (χ2n) is 4.83. The molecular weight excluding hydrogens is 319 g/mol. The Balaban J connectivity index is 2.02. The first-order valence-corrected chi connectivity index (χ1v) is 7.19. The summed E-state index contributed by atoms with van der Waals surface area (Å²) in [7, 11) is 0. The number of benzene rings is 2. The van der Waals surface area contributed by atoms with Crippen molar-refractivity contribution in [3.63, 3.8) is 0 Å². The van der Waals surface area contributed by atoms with Crippen molar-refractivity contribution in [2.24, 2.45) is 0 Å². The molecule has 0 aliphatic carbocycles. The van der Waals surface area contributed by atoms with Crippen molar-refractivity contribution < 1.29 is 13.9 Å². The van der Waals surface area contributed by atoms with Gasteiger partial charge in [-0.3, -0.25) is 0 Å². The van der Waals surface area contributed by atoms with Gasteiger partial charge in [0.2, 0.25) is 0 Å². The summed E-state index contributed by atoms with van der Waals surface area (Å²) in [5, 5.41) is 0.331. The number of carbonyl (C=O) groups is 1. The standard InChI is InChI=1S/C17H12ClFN2O2/c1-2-7-23-17(22)11-8-13(18)15-14(9-11)20-16(21-15)10-3-5-12(19)6-4-10/h2-6,8-9H,1,7H2,(H,20,21). The summed E-state index contributed by atoms with van der Waals surface area (Å²) in [4.78, 5) is 19.4. The molecule has 0 spiro atoms. The Kier molecular flexibility index (Phi) is 4.12. The summed E-state index contributed by atoms with van der Waals surface area (Å²) in [6, 6.07) is 9.04. The molecule has 3 aromatic rings. The Morgan fingerprint density at radius 2 is 2.09 bits per heavy atom. The molecule has 4 nitrogen and oxygen atoms in total. The highest BCUT2D eigenvalue weighted by atomic mass is 35.5. The maximum absolute atomic E-state index is 13.0. The number of aromatic nitrogens is 2. The average Bonchev–Trinajstić information content (AvgIpc) is 2.98. The van der Waals surface area contributed by atoms with Gasteiger partial charge in [0.15, 0.2) is 0 Å². The molecule has 3 rings (SSSR count). The van der Waals surface area contributed by atoms with Crippen LogP contribution >= 0.6 is 11.6 Å². The summed E-state index contributed by atoms with van der Waals surface area (Å²) >= 11 is 6.20. The van der Waals surface area contributed by atoms with Gasteiger partial charge in [0.1, 0.15) is 23.8 Å². The Morgan fingerprint density at radius 1 is 1.35 bits per heavy atom. The Bertz CT molecular complexity index is 887. The summed E-state index contributed by atoms with van der Waals surface area (Å²) in [6.07, 6.45) is 1.49. The van der Waals surface area contributed by atoms with E-state index in [1.54, 1.807) is 18.2 Å². The number of H-pyrrole nitrogens is 1. The first kappa shape index (κ1) is 15.2. The largest absolute Gasteiger partial charge is 0.458 e. The van der Waals surface area contributed by atoms with Gasteiger partial charge < -0.3 is 9.72 Å². The topological polar surface area (TPSA) is 55.0 Å². The zero-order valence-electron chi connectivity index (χ0n) is 12.0. The number of hydrogen-bond donors (Lipinski definition) is 1. The number of nitrogens with zero attached hydrogens (tertiary/aromatic N) is 1. The van der Waals surface area contributed by atoms with Crippen LogP contribution in [0.5, 0.6) is 0 Å². The minimum absolute atomic E-state index is 0.123. The summed E-state index contributed by atoms with van der Waals surface area (Å²) in [6.45, 7) is 3.61. The van der Waals surface area contributed by atoms with E-state index in [0.29, 0.717) is 27.4 Å².